The van der Waals surface area contributed by atoms with Crippen molar-refractivity contribution in [2.45, 2.75) is 43.9 Å². The largest absolute Gasteiger partial charge is 0.259 e. The Kier molecular flexibility index (Phi) is 4.76. The molecular weight excluding hydrogens is 353 g/mol. The Morgan fingerprint density at radius 2 is 1.83 bits per heavy atom. The predicted molar refractivity (Wildman–Crippen MR) is 95.4 cm³/mol. The maximum atomic E-state index is 14.3. The van der Waals surface area contributed by atoms with Gasteiger partial charge in [0.2, 0.25) is 5.03 Å². The van der Waals surface area contributed by atoms with Crippen LogP contribution in [0.2, 0.25) is 18.1 Å². The molecule has 0 radical (unpaired) electrons. The third-order valence-corrected chi connectivity index (χ3v) is 12.3. The van der Waals surface area contributed by atoms with Gasteiger partial charge in [-0.15, -0.1) is 0 Å². The van der Waals surface area contributed by atoms with Gasteiger partial charge in [-0.1, -0.05) is 39.0 Å². The van der Waals surface area contributed by atoms with Gasteiger partial charge in [-0.05, 0) is 30.3 Å². The molecule has 1 atom stereocenters. The number of para-hydroxylation sites is 1. The number of benzene rings is 1. The van der Waals surface area contributed by atoms with Crippen LogP contribution in [0.1, 0.15) is 20.8 Å². The first kappa shape index (κ1) is 18.2. The van der Waals surface area contributed by atoms with Gasteiger partial charge in [-0.3, -0.25) is 4.03 Å². The Bertz CT molecular complexity index is 821. The van der Waals surface area contributed by atoms with Crippen molar-refractivity contribution in [3.63, 3.8) is 0 Å². The van der Waals surface area contributed by atoms with Crippen LogP contribution < -0.4 is 0 Å². The number of nitrogens with zero attached hydrogens (tertiary/aromatic N) is 3. The lowest BCUT2D eigenvalue weighted by Gasteiger charge is -2.32. The van der Waals surface area contributed by atoms with Gasteiger partial charge in [0, 0.05) is 10.7 Å². The average molecular weight is 374 g/mol. The molecule has 1 heterocycles. The fraction of sp³-hybridized carbons (Fsp3) is 0.400. The Morgan fingerprint density at radius 3 is 2.35 bits per heavy atom. The lowest BCUT2D eigenvalue weighted by molar-refractivity contribution is 0.593. The monoisotopic (exact) mass is 373 g/mol. The Morgan fingerprint density at radius 1 is 1.26 bits per heavy atom. The highest BCUT2D eigenvalue weighted by Gasteiger charge is 2.38. The topological polar surface area (TPSA) is 47.2 Å². The van der Waals surface area contributed by atoms with Crippen LogP contribution in [0, 0.1) is 5.82 Å². The second-order valence-corrected chi connectivity index (χ2v) is 14.8. The summed E-state index contributed by atoms with van der Waals surface area (Å²) in [4.78, 5) is 0. The van der Waals surface area contributed by atoms with Gasteiger partial charge in [0.1, 0.15) is 0 Å². The zero-order valence-corrected chi connectivity index (χ0v) is 16.5. The first-order chi connectivity index (χ1) is 10.4. The summed E-state index contributed by atoms with van der Waals surface area (Å²) in [5.74, 6) is -0.712. The number of rotatable bonds is 3. The molecule has 2 rings (SSSR count). The fourth-order valence-electron chi connectivity index (χ4n) is 1.69. The molecule has 4 nitrogen and oxygen atoms in total. The van der Waals surface area contributed by atoms with E-state index < -0.39 is 23.0 Å². The standard InChI is InChI=1S/C15H21ClFN3OSSi/c1-15(2,3)23(4,5)19-22(16,21)14-13(17)11-20(18-14)12-9-7-6-8-10-12/h6-11H,1-5H3. The van der Waals surface area contributed by atoms with E-state index in [1.807, 2.05) is 52.1 Å². The second kappa shape index (κ2) is 6.03. The minimum atomic E-state index is -3.42. The highest BCUT2D eigenvalue weighted by Crippen LogP contribution is 2.39. The first-order valence-corrected chi connectivity index (χ1v) is 12.5. The van der Waals surface area contributed by atoms with Crippen LogP contribution in [0.3, 0.4) is 0 Å². The molecule has 0 N–H and O–H groups in total. The van der Waals surface area contributed by atoms with Crippen molar-refractivity contribution in [1.82, 2.24) is 9.78 Å². The lowest BCUT2D eigenvalue weighted by atomic mass is 10.2. The quantitative estimate of drug-likeness (QED) is 0.561. The molecule has 8 heteroatoms. The highest BCUT2D eigenvalue weighted by molar-refractivity contribution is 8.16. The van der Waals surface area contributed by atoms with E-state index in [2.05, 4.69) is 9.13 Å². The predicted octanol–water partition coefficient (Wildman–Crippen LogP) is 5.00. The van der Waals surface area contributed by atoms with E-state index in [1.54, 1.807) is 12.1 Å². The molecule has 1 aromatic heterocycles. The summed E-state index contributed by atoms with van der Waals surface area (Å²) >= 11 is 0. The van der Waals surface area contributed by atoms with Crippen molar-refractivity contribution < 1.29 is 8.60 Å². The average Bonchev–Trinajstić information content (AvgIpc) is 2.80. The van der Waals surface area contributed by atoms with Crippen molar-refractivity contribution in [3.05, 3.63) is 42.3 Å². The van der Waals surface area contributed by atoms with Crippen LogP contribution in [0.15, 0.2) is 45.6 Å². The van der Waals surface area contributed by atoms with Gasteiger partial charge in [-0.2, -0.15) is 5.10 Å². The van der Waals surface area contributed by atoms with E-state index in [-0.39, 0.29) is 10.1 Å². The normalized spacial score (nSPS) is 15.3. The van der Waals surface area contributed by atoms with E-state index in [0.717, 1.165) is 0 Å². The molecular formula is C15H21ClFN3OSSi. The van der Waals surface area contributed by atoms with E-state index in [9.17, 15) is 8.60 Å². The first-order valence-electron chi connectivity index (χ1n) is 7.23. The smallest absolute Gasteiger partial charge is 0.208 e. The molecule has 0 saturated carbocycles. The molecule has 1 unspecified atom stereocenters. The number of halogens is 2. The summed E-state index contributed by atoms with van der Waals surface area (Å²) in [5.41, 5.74) is 0.664. The van der Waals surface area contributed by atoms with Gasteiger partial charge < -0.3 is 0 Å². The van der Waals surface area contributed by atoms with Gasteiger partial charge in [-0.25, -0.2) is 13.3 Å². The van der Waals surface area contributed by atoms with Gasteiger partial charge in [0.25, 0.3) is 0 Å². The highest BCUT2D eigenvalue weighted by atomic mass is 35.7. The summed E-state index contributed by atoms with van der Waals surface area (Å²) in [6, 6.07) is 9.02. The Labute approximate surface area is 142 Å². The summed E-state index contributed by atoms with van der Waals surface area (Å²) in [5, 5.41) is 3.63. The molecule has 2 aromatic rings. The summed E-state index contributed by atoms with van der Waals surface area (Å²) in [6.07, 6.45) is 1.17. The molecule has 0 spiro atoms. The van der Waals surface area contributed by atoms with Crippen molar-refractivity contribution in [1.29, 1.82) is 0 Å². The van der Waals surface area contributed by atoms with Crippen molar-refractivity contribution in [2.24, 2.45) is 4.03 Å². The maximum Gasteiger partial charge on any atom is 0.208 e. The SMILES string of the molecule is CC(C)(C)[Si](C)(C)N=S(=O)(Cl)c1nn(-c2ccccc2)cc1F. The van der Waals surface area contributed by atoms with Gasteiger partial charge in [0.15, 0.2) is 23.0 Å². The molecule has 23 heavy (non-hydrogen) atoms. The van der Waals surface area contributed by atoms with Crippen molar-refractivity contribution in [3.8, 4) is 5.69 Å². The number of aromatic nitrogens is 2. The van der Waals surface area contributed by atoms with Crippen LogP contribution in [0.5, 0.6) is 0 Å². The summed E-state index contributed by atoms with van der Waals surface area (Å²) in [7, 11) is 0.407. The molecule has 126 valence electrons. The molecule has 0 fully saturated rings. The Balaban J connectivity index is 2.54. The summed E-state index contributed by atoms with van der Waals surface area (Å²) < 4.78 is 32.8. The molecule has 0 aliphatic rings. The third-order valence-electron chi connectivity index (χ3n) is 4.08. The molecule has 0 bridgehead atoms. The van der Waals surface area contributed by atoms with Crippen molar-refractivity contribution in [2.75, 3.05) is 0 Å². The van der Waals surface area contributed by atoms with E-state index in [4.69, 9.17) is 10.7 Å². The lowest BCUT2D eigenvalue weighted by Crippen LogP contribution is -2.36. The minimum absolute atomic E-state index is 0.150. The molecule has 0 amide bonds. The zero-order valence-electron chi connectivity index (χ0n) is 13.9. The third kappa shape index (κ3) is 3.84. The van der Waals surface area contributed by atoms with Gasteiger partial charge in [0.05, 0.1) is 11.9 Å². The van der Waals surface area contributed by atoms with Crippen LogP contribution in [0.25, 0.3) is 5.69 Å². The number of hydrogen-bond donors (Lipinski definition) is 0. The van der Waals surface area contributed by atoms with Crippen LogP contribution in [-0.4, -0.2) is 22.2 Å². The second-order valence-electron chi connectivity index (χ2n) is 6.92. The van der Waals surface area contributed by atoms with Crippen LogP contribution in [-0.2, 0) is 8.94 Å². The zero-order chi connectivity index (χ0) is 17.5. The summed E-state index contributed by atoms with van der Waals surface area (Å²) in [6.45, 7) is 9.98. The van der Waals surface area contributed by atoms with E-state index in [1.165, 1.54) is 10.9 Å². The molecule has 0 aliphatic heterocycles. The Hall–Kier alpha value is -1.18. The van der Waals surface area contributed by atoms with Crippen LogP contribution in [0.4, 0.5) is 4.39 Å². The maximum absolute atomic E-state index is 14.3. The van der Waals surface area contributed by atoms with Crippen LogP contribution >= 0.6 is 10.7 Å². The van der Waals surface area contributed by atoms with E-state index >= 15 is 0 Å². The molecule has 0 saturated heterocycles. The van der Waals surface area contributed by atoms with Crippen molar-refractivity contribution >= 4 is 27.9 Å². The molecule has 1 aromatic carbocycles. The molecule has 0 aliphatic carbocycles. The van der Waals surface area contributed by atoms with Gasteiger partial charge >= 0.3 is 0 Å². The fourth-order valence-corrected chi connectivity index (χ4v) is 7.83. The van der Waals surface area contributed by atoms with E-state index in [0.29, 0.717) is 5.69 Å². The number of hydrogen-bond acceptors (Lipinski definition) is 3. The minimum Gasteiger partial charge on any atom is -0.259 e.